The molecule has 2 unspecified atom stereocenters. The fraction of sp³-hybridized carbons (Fsp3) is 0.464. The lowest BCUT2D eigenvalue weighted by Gasteiger charge is -2.31. The Morgan fingerprint density at radius 1 is 1.03 bits per heavy atom. The van der Waals surface area contributed by atoms with Crippen LogP contribution in [-0.4, -0.2) is 42.8 Å². The molecule has 3 aliphatic rings. The van der Waals surface area contributed by atoms with Crippen LogP contribution in [0.25, 0.3) is 11.1 Å². The lowest BCUT2D eigenvalue weighted by atomic mass is 9.75. The van der Waals surface area contributed by atoms with Crippen molar-refractivity contribution < 1.29 is 24.2 Å². The Balaban J connectivity index is 1.12. The highest BCUT2D eigenvalue weighted by molar-refractivity contribution is 5.84. The molecule has 2 aromatic carbocycles. The standard InChI is InChI=1S/C28H32N2O5/c1-2-18(24(31)30-17-28(25(32)33)16-27(28)12-7-13-27)14-29-26(34)35-15-23-21-10-5-3-8-19(21)20-9-4-6-11-22(20)23/h3-6,8-11,18,23H,2,7,12-17H2,1H3,(H,29,34)(H,30,31)(H,32,33). The van der Waals surface area contributed by atoms with Gasteiger partial charge in [0.1, 0.15) is 6.61 Å². The lowest BCUT2D eigenvalue weighted by Crippen LogP contribution is -2.44. The number of carboxylic acid groups (broad SMARTS) is 1. The van der Waals surface area contributed by atoms with Gasteiger partial charge in [0.2, 0.25) is 5.91 Å². The first-order chi connectivity index (χ1) is 16.9. The van der Waals surface area contributed by atoms with Crippen molar-refractivity contribution >= 4 is 18.0 Å². The van der Waals surface area contributed by atoms with E-state index < -0.39 is 23.4 Å². The number of carboxylic acids is 1. The molecule has 2 saturated carbocycles. The Hall–Kier alpha value is -3.35. The van der Waals surface area contributed by atoms with E-state index in [-0.39, 0.29) is 36.9 Å². The average Bonchev–Trinajstić information content (AvgIpc) is 3.47. The Bertz CT molecular complexity index is 1110. The predicted octanol–water partition coefficient (Wildman–Crippen LogP) is 4.31. The molecule has 0 radical (unpaired) electrons. The van der Waals surface area contributed by atoms with Gasteiger partial charge in [-0.2, -0.15) is 0 Å². The molecule has 0 bridgehead atoms. The van der Waals surface area contributed by atoms with Crippen molar-refractivity contribution in [3.63, 3.8) is 0 Å². The maximum Gasteiger partial charge on any atom is 0.407 e. The Kier molecular flexibility index (Phi) is 6.03. The van der Waals surface area contributed by atoms with Gasteiger partial charge < -0.3 is 20.5 Å². The van der Waals surface area contributed by atoms with E-state index in [9.17, 15) is 19.5 Å². The van der Waals surface area contributed by atoms with Crippen molar-refractivity contribution in [1.82, 2.24) is 10.6 Å². The van der Waals surface area contributed by atoms with E-state index in [4.69, 9.17) is 4.74 Å². The van der Waals surface area contributed by atoms with Crippen LogP contribution in [0.5, 0.6) is 0 Å². The second-order valence-corrected chi connectivity index (χ2v) is 10.2. The summed E-state index contributed by atoms with van der Waals surface area (Å²) in [6, 6.07) is 16.3. The van der Waals surface area contributed by atoms with Crippen molar-refractivity contribution in [3.8, 4) is 11.1 Å². The van der Waals surface area contributed by atoms with Crippen LogP contribution >= 0.6 is 0 Å². The molecule has 0 saturated heterocycles. The summed E-state index contributed by atoms with van der Waals surface area (Å²) in [4.78, 5) is 37.1. The Morgan fingerprint density at radius 3 is 2.17 bits per heavy atom. The van der Waals surface area contributed by atoms with E-state index >= 15 is 0 Å². The van der Waals surface area contributed by atoms with Gasteiger partial charge in [-0.3, -0.25) is 9.59 Å². The summed E-state index contributed by atoms with van der Waals surface area (Å²) < 4.78 is 5.56. The maximum absolute atomic E-state index is 12.7. The summed E-state index contributed by atoms with van der Waals surface area (Å²) in [5, 5.41) is 15.3. The van der Waals surface area contributed by atoms with Crippen molar-refractivity contribution in [2.45, 2.75) is 44.9 Å². The minimum atomic E-state index is -0.820. The third-order valence-corrected chi connectivity index (χ3v) is 8.51. The summed E-state index contributed by atoms with van der Waals surface area (Å²) in [5.41, 5.74) is 3.68. The molecule has 0 heterocycles. The summed E-state index contributed by atoms with van der Waals surface area (Å²) in [6.45, 7) is 2.39. The molecule has 35 heavy (non-hydrogen) atoms. The number of amides is 2. The number of ether oxygens (including phenoxy) is 1. The van der Waals surface area contributed by atoms with Crippen molar-refractivity contribution in [1.29, 1.82) is 0 Å². The molecule has 2 atom stereocenters. The molecule has 3 aliphatic carbocycles. The van der Waals surface area contributed by atoms with Gasteiger partial charge in [0.15, 0.2) is 0 Å². The van der Waals surface area contributed by atoms with Gasteiger partial charge >= 0.3 is 12.1 Å². The molecule has 2 amide bonds. The number of rotatable bonds is 9. The van der Waals surface area contributed by atoms with E-state index in [2.05, 4.69) is 34.9 Å². The summed E-state index contributed by atoms with van der Waals surface area (Å²) in [5.74, 6) is -1.52. The van der Waals surface area contributed by atoms with E-state index in [1.165, 1.54) is 11.1 Å². The number of carbonyl (C=O) groups excluding carboxylic acids is 2. The second kappa shape index (κ2) is 9.02. The van der Waals surface area contributed by atoms with Gasteiger partial charge in [0.05, 0.1) is 11.3 Å². The minimum Gasteiger partial charge on any atom is -0.481 e. The fourth-order valence-electron chi connectivity index (χ4n) is 6.08. The van der Waals surface area contributed by atoms with E-state index in [0.29, 0.717) is 12.8 Å². The van der Waals surface area contributed by atoms with Crippen molar-refractivity contribution in [2.24, 2.45) is 16.7 Å². The highest BCUT2D eigenvalue weighted by Crippen LogP contribution is 2.73. The molecule has 0 aromatic heterocycles. The first-order valence-corrected chi connectivity index (χ1v) is 12.5. The summed E-state index contributed by atoms with van der Waals surface area (Å²) in [6.07, 6.45) is 3.52. The molecule has 5 rings (SSSR count). The van der Waals surface area contributed by atoms with Crippen molar-refractivity contribution in [2.75, 3.05) is 19.7 Å². The van der Waals surface area contributed by atoms with Crippen LogP contribution in [0, 0.1) is 16.7 Å². The van der Waals surface area contributed by atoms with Crippen LogP contribution in [0.1, 0.15) is 56.1 Å². The van der Waals surface area contributed by atoms with Crippen molar-refractivity contribution in [3.05, 3.63) is 59.7 Å². The number of aliphatic carboxylic acids is 1. The molecular weight excluding hydrogens is 444 g/mol. The minimum absolute atomic E-state index is 0.0250. The number of benzene rings is 2. The number of alkyl carbamates (subject to hydrolysis) is 1. The molecule has 2 aromatic rings. The van der Waals surface area contributed by atoms with Gasteiger partial charge in [-0.15, -0.1) is 0 Å². The highest BCUT2D eigenvalue weighted by atomic mass is 16.5. The number of hydrogen-bond donors (Lipinski definition) is 3. The molecule has 7 heteroatoms. The molecule has 1 spiro atoms. The number of hydrogen-bond acceptors (Lipinski definition) is 4. The van der Waals surface area contributed by atoms with Gasteiger partial charge in [-0.25, -0.2) is 4.79 Å². The number of fused-ring (bicyclic) bond motifs is 3. The van der Waals surface area contributed by atoms with Crippen LogP contribution in [0.3, 0.4) is 0 Å². The first-order valence-electron chi connectivity index (χ1n) is 12.5. The van der Waals surface area contributed by atoms with Gasteiger partial charge in [0.25, 0.3) is 0 Å². The zero-order valence-corrected chi connectivity index (χ0v) is 20.0. The van der Waals surface area contributed by atoms with Gasteiger partial charge in [-0.05, 0) is 53.4 Å². The Labute approximate surface area is 205 Å². The Morgan fingerprint density at radius 2 is 1.66 bits per heavy atom. The second-order valence-electron chi connectivity index (χ2n) is 10.2. The third-order valence-electron chi connectivity index (χ3n) is 8.51. The first kappa shape index (κ1) is 23.4. The predicted molar refractivity (Wildman–Crippen MR) is 131 cm³/mol. The number of nitrogens with one attached hydrogen (secondary N) is 2. The van der Waals surface area contributed by atoms with Gasteiger partial charge in [0, 0.05) is 19.0 Å². The van der Waals surface area contributed by atoms with Crippen LogP contribution in [-0.2, 0) is 14.3 Å². The lowest BCUT2D eigenvalue weighted by molar-refractivity contribution is -0.146. The zero-order valence-electron chi connectivity index (χ0n) is 20.0. The number of carbonyl (C=O) groups is 3. The molecule has 184 valence electrons. The fourth-order valence-corrected chi connectivity index (χ4v) is 6.08. The topological polar surface area (TPSA) is 105 Å². The average molecular weight is 477 g/mol. The normalized spacial score (nSPS) is 21.9. The third kappa shape index (κ3) is 3.97. The van der Waals surface area contributed by atoms with Crippen LogP contribution in [0.4, 0.5) is 4.79 Å². The quantitative estimate of drug-likeness (QED) is 0.500. The van der Waals surface area contributed by atoms with Crippen LogP contribution < -0.4 is 10.6 Å². The molecule has 2 fully saturated rings. The smallest absolute Gasteiger partial charge is 0.407 e. The van der Waals surface area contributed by atoms with Crippen LogP contribution in [0.2, 0.25) is 0 Å². The maximum atomic E-state index is 12.7. The monoisotopic (exact) mass is 476 g/mol. The van der Waals surface area contributed by atoms with Crippen LogP contribution in [0.15, 0.2) is 48.5 Å². The van der Waals surface area contributed by atoms with E-state index in [1.54, 1.807) is 0 Å². The summed E-state index contributed by atoms with van der Waals surface area (Å²) in [7, 11) is 0. The largest absolute Gasteiger partial charge is 0.481 e. The highest BCUT2D eigenvalue weighted by Gasteiger charge is 2.73. The molecular formula is C28H32N2O5. The zero-order chi connectivity index (χ0) is 24.6. The summed E-state index contributed by atoms with van der Waals surface area (Å²) >= 11 is 0. The molecule has 0 aliphatic heterocycles. The molecule has 7 nitrogen and oxygen atoms in total. The molecule has 3 N–H and O–H groups in total. The van der Waals surface area contributed by atoms with E-state index in [1.807, 2.05) is 31.2 Å². The van der Waals surface area contributed by atoms with Gasteiger partial charge in [-0.1, -0.05) is 61.9 Å². The van der Waals surface area contributed by atoms with E-state index in [0.717, 1.165) is 30.4 Å². The SMILES string of the molecule is CCC(CNC(=O)OCC1c2ccccc2-c2ccccc21)C(=O)NCC1(C(=O)O)CC12CCC2.